The van der Waals surface area contributed by atoms with Crippen molar-refractivity contribution in [2.24, 2.45) is 0 Å². The number of hydrogen-bond acceptors (Lipinski definition) is 4. The fourth-order valence-electron chi connectivity index (χ4n) is 2.03. The summed E-state index contributed by atoms with van der Waals surface area (Å²) in [5.41, 5.74) is 3.16. The zero-order valence-electron chi connectivity index (χ0n) is 11.6. The van der Waals surface area contributed by atoms with E-state index in [2.05, 4.69) is 16.0 Å². The molecule has 0 atom stereocenters. The number of benzene rings is 1. The number of aromatic nitrogens is 2. The third-order valence-electron chi connectivity index (χ3n) is 2.99. The molecule has 4 nitrogen and oxygen atoms in total. The molecule has 1 aromatic carbocycles. The van der Waals surface area contributed by atoms with E-state index in [1.54, 1.807) is 12.1 Å². The van der Waals surface area contributed by atoms with Crippen molar-refractivity contribution in [3.63, 3.8) is 0 Å². The Kier molecular flexibility index (Phi) is 4.21. The van der Waals surface area contributed by atoms with Gasteiger partial charge in [0.1, 0.15) is 17.2 Å². The highest BCUT2D eigenvalue weighted by molar-refractivity contribution is 6.30. The zero-order chi connectivity index (χ0) is 14.7. The van der Waals surface area contributed by atoms with Crippen LogP contribution in [-0.4, -0.2) is 9.97 Å². The molecule has 20 heavy (non-hydrogen) atoms. The summed E-state index contributed by atoms with van der Waals surface area (Å²) >= 11 is 6.05. The number of aryl methyl sites for hydroxylation is 2. The molecule has 102 valence electrons. The molecule has 0 aliphatic rings. The van der Waals surface area contributed by atoms with Crippen molar-refractivity contribution in [2.45, 2.75) is 27.2 Å². The zero-order valence-corrected chi connectivity index (χ0v) is 12.3. The lowest BCUT2D eigenvalue weighted by molar-refractivity contribution is 0.448. The van der Waals surface area contributed by atoms with Gasteiger partial charge in [0.2, 0.25) is 5.88 Å². The number of nitrogens with zero attached hydrogens (tertiary/aromatic N) is 3. The maximum Gasteiger partial charge on any atom is 0.227 e. The summed E-state index contributed by atoms with van der Waals surface area (Å²) in [6.45, 7) is 5.77. The van der Waals surface area contributed by atoms with Crippen LogP contribution in [0.25, 0.3) is 0 Å². The average molecular weight is 288 g/mol. The van der Waals surface area contributed by atoms with E-state index in [4.69, 9.17) is 21.6 Å². The van der Waals surface area contributed by atoms with Gasteiger partial charge in [-0.1, -0.05) is 18.5 Å². The summed E-state index contributed by atoms with van der Waals surface area (Å²) < 4.78 is 5.90. The van der Waals surface area contributed by atoms with Gasteiger partial charge >= 0.3 is 0 Å². The first kappa shape index (κ1) is 14.3. The summed E-state index contributed by atoms with van der Waals surface area (Å²) in [6, 6.07) is 5.71. The van der Waals surface area contributed by atoms with Crippen LogP contribution in [0, 0.1) is 25.2 Å². The summed E-state index contributed by atoms with van der Waals surface area (Å²) in [7, 11) is 0. The van der Waals surface area contributed by atoms with E-state index in [1.807, 2.05) is 20.8 Å². The number of hydrogen-bond donors (Lipinski definition) is 0. The highest BCUT2D eigenvalue weighted by Crippen LogP contribution is 2.32. The van der Waals surface area contributed by atoms with Gasteiger partial charge in [-0.25, -0.2) is 9.97 Å². The van der Waals surface area contributed by atoms with Crippen LogP contribution in [0.15, 0.2) is 18.5 Å². The molecule has 0 amide bonds. The third-order valence-corrected chi connectivity index (χ3v) is 3.32. The molecule has 1 aromatic heterocycles. The van der Waals surface area contributed by atoms with E-state index >= 15 is 0 Å². The molecule has 0 aliphatic heterocycles. The predicted octanol–water partition coefficient (Wildman–Crippen LogP) is 3.97. The molecule has 5 heteroatoms. The molecule has 0 radical (unpaired) electrons. The fraction of sp³-hybridized carbons (Fsp3) is 0.267. The van der Waals surface area contributed by atoms with Crippen molar-refractivity contribution in [2.75, 3.05) is 0 Å². The van der Waals surface area contributed by atoms with Crippen LogP contribution < -0.4 is 4.74 Å². The van der Waals surface area contributed by atoms with Crippen molar-refractivity contribution < 1.29 is 4.74 Å². The quantitative estimate of drug-likeness (QED) is 0.801. The molecule has 0 aliphatic carbocycles. The van der Waals surface area contributed by atoms with E-state index < -0.39 is 0 Å². The molecule has 0 bridgehead atoms. The Morgan fingerprint density at radius 3 is 2.45 bits per heavy atom. The summed E-state index contributed by atoms with van der Waals surface area (Å²) in [4.78, 5) is 8.10. The van der Waals surface area contributed by atoms with Crippen LogP contribution in [0.3, 0.4) is 0 Å². The van der Waals surface area contributed by atoms with E-state index in [0.717, 1.165) is 16.7 Å². The Labute approximate surface area is 123 Å². The Bertz CT molecular complexity index is 669. The van der Waals surface area contributed by atoms with Crippen molar-refractivity contribution in [3.05, 3.63) is 45.9 Å². The number of halogens is 1. The number of nitriles is 1. The molecular weight excluding hydrogens is 274 g/mol. The maximum atomic E-state index is 8.96. The molecular formula is C15H14ClN3O. The van der Waals surface area contributed by atoms with Crippen molar-refractivity contribution in [3.8, 4) is 17.7 Å². The fourth-order valence-corrected chi connectivity index (χ4v) is 2.29. The smallest absolute Gasteiger partial charge is 0.227 e. The topological polar surface area (TPSA) is 58.8 Å². The van der Waals surface area contributed by atoms with E-state index in [9.17, 15) is 0 Å². The second-order valence-corrected chi connectivity index (χ2v) is 4.81. The summed E-state index contributed by atoms with van der Waals surface area (Å²) in [6.07, 6.45) is 2.06. The minimum absolute atomic E-state index is 0.404. The van der Waals surface area contributed by atoms with Gasteiger partial charge in [0.25, 0.3) is 0 Å². The number of ether oxygens (including phenoxy) is 1. The minimum atomic E-state index is 0.404. The van der Waals surface area contributed by atoms with E-state index in [0.29, 0.717) is 28.8 Å². The highest BCUT2D eigenvalue weighted by Gasteiger charge is 2.13. The normalized spacial score (nSPS) is 10.2. The standard InChI is InChI=1S/C15H14ClN3O/c1-4-12-14(16)18-8-19-15(12)20-13-9(2)5-11(7-17)6-10(13)3/h5-6,8H,4H2,1-3H3. The lowest BCUT2D eigenvalue weighted by Crippen LogP contribution is -1.99. The molecule has 0 spiro atoms. The van der Waals surface area contributed by atoms with Gasteiger partial charge in [0.05, 0.1) is 17.2 Å². The maximum absolute atomic E-state index is 8.96. The molecule has 2 aromatic rings. The Morgan fingerprint density at radius 2 is 1.90 bits per heavy atom. The van der Waals surface area contributed by atoms with Crippen LogP contribution in [0.5, 0.6) is 11.6 Å². The number of rotatable bonds is 3. The SMILES string of the molecule is CCc1c(Cl)ncnc1Oc1c(C)cc(C#N)cc1C. The highest BCUT2D eigenvalue weighted by atomic mass is 35.5. The molecule has 0 saturated carbocycles. The van der Waals surface area contributed by atoms with Gasteiger partial charge in [-0.05, 0) is 43.5 Å². The second kappa shape index (κ2) is 5.89. The van der Waals surface area contributed by atoms with Gasteiger partial charge < -0.3 is 4.74 Å². The first-order valence-electron chi connectivity index (χ1n) is 6.25. The molecule has 0 unspecified atom stereocenters. The third kappa shape index (κ3) is 2.73. The van der Waals surface area contributed by atoms with Gasteiger partial charge in [-0.3, -0.25) is 0 Å². The van der Waals surface area contributed by atoms with Crippen LogP contribution in [-0.2, 0) is 6.42 Å². The van der Waals surface area contributed by atoms with Crippen molar-refractivity contribution in [1.82, 2.24) is 9.97 Å². The lowest BCUT2D eigenvalue weighted by Gasteiger charge is -2.14. The molecule has 0 N–H and O–H groups in total. The van der Waals surface area contributed by atoms with Crippen LogP contribution in [0.2, 0.25) is 5.15 Å². The van der Waals surface area contributed by atoms with E-state index in [1.165, 1.54) is 6.33 Å². The molecule has 2 rings (SSSR count). The lowest BCUT2D eigenvalue weighted by atomic mass is 10.1. The molecule has 0 fully saturated rings. The van der Waals surface area contributed by atoms with Crippen molar-refractivity contribution >= 4 is 11.6 Å². The Hall–Kier alpha value is -2.12. The predicted molar refractivity (Wildman–Crippen MR) is 77.1 cm³/mol. The monoisotopic (exact) mass is 287 g/mol. The van der Waals surface area contributed by atoms with Gasteiger partial charge in [-0.2, -0.15) is 5.26 Å². The molecule has 1 heterocycles. The van der Waals surface area contributed by atoms with Gasteiger partial charge in [0, 0.05) is 0 Å². The largest absolute Gasteiger partial charge is 0.438 e. The van der Waals surface area contributed by atoms with Gasteiger partial charge in [0.15, 0.2) is 0 Å². The minimum Gasteiger partial charge on any atom is -0.438 e. The van der Waals surface area contributed by atoms with E-state index in [-0.39, 0.29) is 0 Å². The van der Waals surface area contributed by atoms with Crippen LogP contribution in [0.1, 0.15) is 29.2 Å². The van der Waals surface area contributed by atoms with Crippen LogP contribution >= 0.6 is 11.6 Å². The first-order chi connectivity index (χ1) is 9.56. The van der Waals surface area contributed by atoms with Crippen molar-refractivity contribution in [1.29, 1.82) is 5.26 Å². The summed E-state index contributed by atoms with van der Waals surface area (Å²) in [5, 5.41) is 9.36. The first-order valence-corrected chi connectivity index (χ1v) is 6.63. The average Bonchev–Trinajstić information content (AvgIpc) is 2.42. The Morgan fingerprint density at radius 1 is 1.25 bits per heavy atom. The summed E-state index contributed by atoms with van der Waals surface area (Å²) in [5.74, 6) is 1.16. The second-order valence-electron chi connectivity index (χ2n) is 4.45. The van der Waals surface area contributed by atoms with Gasteiger partial charge in [-0.15, -0.1) is 0 Å². The Balaban J connectivity index is 2.46. The molecule has 0 saturated heterocycles. The van der Waals surface area contributed by atoms with Crippen LogP contribution in [0.4, 0.5) is 0 Å².